The lowest BCUT2D eigenvalue weighted by Gasteiger charge is -2.35. The highest BCUT2D eigenvalue weighted by Gasteiger charge is 2.36. The first-order valence-corrected chi connectivity index (χ1v) is 7.45. The molecule has 0 amide bonds. The van der Waals surface area contributed by atoms with Gasteiger partial charge in [0.2, 0.25) is 0 Å². The number of piperazine rings is 1. The summed E-state index contributed by atoms with van der Waals surface area (Å²) in [7, 11) is 0. The summed E-state index contributed by atoms with van der Waals surface area (Å²) in [5.74, 6) is 0.592. The summed E-state index contributed by atoms with van der Waals surface area (Å²) >= 11 is 3.30. The highest BCUT2D eigenvalue weighted by Crippen LogP contribution is 2.45. The van der Waals surface area contributed by atoms with E-state index in [-0.39, 0.29) is 5.82 Å². The first-order valence-electron chi connectivity index (χ1n) is 6.65. The van der Waals surface area contributed by atoms with Crippen LogP contribution in [0.1, 0.15) is 24.4 Å². The Balaban J connectivity index is 1.85. The second-order valence-electron chi connectivity index (χ2n) is 5.24. The minimum Gasteiger partial charge on any atom is -0.314 e. The number of nitrogens with one attached hydrogen (secondary N) is 1. The van der Waals surface area contributed by atoms with Crippen molar-refractivity contribution in [3.8, 4) is 0 Å². The maximum absolute atomic E-state index is 13.4. The van der Waals surface area contributed by atoms with Crippen LogP contribution in [0.3, 0.4) is 0 Å². The van der Waals surface area contributed by atoms with Crippen LogP contribution in [0.15, 0.2) is 22.7 Å². The summed E-state index contributed by atoms with van der Waals surface area (Å²) in [6.07, 6.45) is 2.62. The zero-order chi connectivity index (χ0) is 12.5. The monoisotopic (exact) mass is 312 g/mol. The Kier molecular flexibility index (Phi) is 3.68. The molecule has 1 atom stereocenters. The van der Waals surface area contributed by atoms with Crippen molar-refractivity contribution in [3.05, 3.63) is 34.1 Å². The van der Waals surface area contributed by atoms with Crippen LogP contribution < -0.4 is 5.32 Å². The van der Waals surface area contributed by atoms with E-state index >= 15 is 0 Å². The molecule has 0 spiro atoms. The van der Waals surface area contributed by atoms with E-state index in [0.29, 0.717) is 10.5 Å². The number of halogens is 2. The number of benzene rings is 1. The Hall–Kier alpha value is -0.450. The lowest BCUT2D eigenvalue weighted by Crippen LogP contribution is -2.45. The third-order valence-electron chi connectivity index (χ3n) is 3.90. The molecule has 1 N–H and O–H groups in total. The third kappa shape index (κ3) is 2.60. The van der Waals surface area contributed by atoms with Gasteiger partial charge in [0, 0.05) is 32.2 Å². The van der Waals surface area contributed by atoms with Gasteiger partial charge >= 0.3 is 0 Å². The first-order chi connectivity index (χ1) is 8.75. The van der Waals surface area contributed by atoms with Gasteiger partial charge < -0.3 is 5.32 Å². The lowest BCUT2D eigenvalue weighted by molar-refractivity contribution is 0.156. The van der Waals surface area contributed by atoms with Gasteiger partial charge in [-0.05, 0) is 52.4 Å². The van der Waals surface area contributed by atoms with Gasteiger partial charge in [-0.15, -0.1) is 0 Å². The van der Waals surface area contributed by atoms with Crippen LogP contribution in [0, 0.1) is 11.7 Å². The molecule has 1 heterocycles. The van der Waals surface area contributed by atoms with E-state index in [2.05, 4.69) is 26.1 Å². The lowest BCUT2D eigenvalue weighted by atomic mass is 10.00. The maximum atomic E-state index is 13.4. The molecule has 0 unspecified atom stereocenters. The summed E-state index contributed by atoms with van der Waals surface area (Å²) in [5, 5.41) is 3.39. The molecule has 1 aliphatic carbocycles. The van der Waals surface area contributed by atoms with Crippen molar-refractivity contribution in [2.45, 2.75) is 18.9 Å². The van der Waals surface area contributed by atoms with Gasteiger partial charge in [0.05, 0.1) is 4.47 Å². The molecule has 0 aromatic heterocycles. The van der Waals surface area contributed by atoms with Gasteiger partial charge in [0.1, 0.15) is 5.82 Å². The molecule has 18 heavy (non-hydrogen) atoms. The zero-order valence-electron chi connectivity index (χ0n) is 10.3. The Morgan fingerprint density at radius 1 is 1.28 bits per heavy atom. The molecule has 2 aliphatic rings. The summed E-state index contributed by atoms with van der Waals surface area (Å²) < 4.78 is 13.9. The second-order valence-corrected chi connectivity index (χ2v) is 6.10. The van der Waals surface area contributed by atoms with Crippen LogP contribution in [0.2, 0.25) is 0 Å². The fourth-order valence-electron chi connectivity index (χ4n) is 2.85. The van der Waals surface area contributed by atoms with Crippen molar-refractivity contribution in [1.29, 1.82) is 0 Å². The average Bonchev–Trinajstić information content (AvgIpc) is 3.20. The summed E-state index contributed by atoms with van der Waals surface area (Å²) in [5.41, 5.74) is 1.26. The quantitative estimate of drug-likeness (QED) is 0.923. The molecule has 1 saturated carbocycles. The molecule has 0 bridgehead atoms. The van der Waals surface area contributed by atoms with E-state index in [1.165, 1.54) is 18.4 Å². The Bertz CT molecular complexity index is 428. The highest BCUT2D eigenvalue weighted by molar-refractivity contribution is 9.10. The van der Waals surface area contributed by atoms with Crippen LogP contribution >= 0.6 is 15.9 Å². The fourth-order valence-corrected chi connectivity index (χ4v) is 3.25. The number of nitrogens with zero attached hydrogens (tertiary/aromatic N) is 1. The van der Waals surface area contributed by atoms with Gasteiger partial charge in [-0.3, -0.25) is 4.90 Å². The van der Waals surface area contributed by atoms with E-state index in [0.717, 1.165) is 32.1 Å². The highest BCUT2D eigenvalue weighted by atomic mass is 79.9. The molecule has 0 radical (unpaired) electrons. The van der Waals surface area contributed by atoms with Gasteiger partial charge in [-0.1, -0.05) is 6.07 Å². The smallest absolute Gasteiger partial charge is 0.137 e. The van der Waals surface area contributed by atoms with Crippen LogP contribution in [-0.4, -0.2) is 31.1 Å². The molecular formula is C14H18BrFN2. The fraction of sp³-hybridized carbons (Fsp3) is 0.571. The van der Waals surface area contributed by atoms with Gasteiger partial charge in [0.15, 0.2) is 0 Å². The van der Waals surface area contributed by atoms with Crippen LogP contribution in [0.5, 0.6) is 0 Å². The SMILES string of the molecule is Fc1ccc([C@H](C2CC2)N2CCNCC2)cc1Br. The van der Waals surface area contributed by atoms with Crippen molar-refractivity contribution in [2.75, 3.05) is 26.2 Å². The van der Waals surface area contributed by atoms with E-state index in [4.69, 9.17) is 0 Å². The molecule has 2 fully saturated rings. The molecule has 3 rings (SSSR count). The van der Waals surface area contributed by atoms with Crippen molar-refractivity contribution < 1.29 is 4.39 Å². The molecule has 2 nitrogen and oxygen atoms in total. The molecule has 1 aliphatic heterocycles. The number of rotatable bonds is 3. The summed E-state index contributed by atoms with van der Waals surface area (Å²) in [6.45, 7) is 4.31. The molecule has 1 saturated heterocycles. The normalized spacial score (nSPS) is 23.0. The Morgan fingerprint density at radius 2 is 2.00 bits per heavy atom. The Morgan fingerprint density at radius 3 is 2.61 bits per heavy atom. The second kappa shape index (κ2) is 5.27. The van der Waals surface area contributed by atoms with Crippen molar-refractivity contribution in [1.82, 2.24) is 10.2 Å². The first kappa shape index (κ1) is 12.6. The number of hydrogen-bond acceptors (Lipinski definition) is 2. The van der Waals surface area contributed by atoms with E-state index in [1.54, 1.807) is 6.07 Å². The summed E-state index contributed by atoms with van der Waals surface area (Å²) in [4.78, 5) is 2.55. The van der Waals surface area contributed by atoms with Crippen LogP contribution in [0.4, 0.5) is 4.39 Å². The van der Waals surface area contributed by atoms with Gasteiger partial charge in [0.25, 0.3) is 0 Å². The van der Waals surface area contributed by atoms with E-state index in [9.17, 15) is 4.39 Å². The zero-order valence-corrected chi connectivity index (χ0v) is 11.9. The van der Waals surface area contributed by atoms with Gasteiger partial charge in [-0.25, -0.2) is 4.39 Å². The predicted octanol–water partition coefficient (Wildman–Crippen LogP) is 2.94. The third-order valence-corrected chi connectivity index (χ3v) is 4.51. The number of hydrogen-bond donors (Lipinski definition) is 1. The van der Waals surface area contributed by atoms with Crippen LogP contribution in [-0.2, 0) is 0 Å². The predicted molar refractivity (Wildman–Crippen MR) is 74.0 cm³/mol. The molecule has 4 heteroatoms. The van der Waals surface area contributed by atoms with Crippen molar-refractivity contribution >= 4 is 15.9 Å². The minimum absolute atomic E-state index is 0.173. The topological polar surface area (TPSA) is 15.3 Å². The van der Waals surface area contributed by atoms with Gasteiger partial charge in [-0.2, -0.15) is 0 Å². The average molecular weight is 313 g/mol. The largest absolute Gasteiger partial charge is 0.314 e. The molecule has 1 aromatic rings. The summed E-state index contributed by atoms with van der Waals surface area (Å²) in [6, 6.07) is 5.96. The van der Waals surface area contributed by atoms with Crippen LogP contribution in [0.25, 0.3) is 0 Å². The molecule has 1 aromatic carbocycles. The Labute approximate surface area is 116 Å². The molecule has 98 valence electrons. The van der Waals surface area contributed by atoms with Crippen molar-refractivity contribution in [3.63, 3.8) is 0 Å². The van der Waals surface area contributed by atoms with E-state index < -0.39 is 0 Å². The minimum atomic E-state index is -0.173. The molecular weight excluding hydrogens is 295 g/mol. The van der Waals surface area contributed by atoms with Crippen molar-refractivity contribution in [2.24, 2.45) is 5.92 Å². The standard InChI is InChI=1S/C14H18BrFN2/c15-12-9-11(3-4-13(12)16)14(10-1-2-10)18-7-5-17-6-8-18/h3-4,9-10,14,17H,1-2,5-8H2/t14-/m0/s1. The maximum Gasteiger partial charge on any atom is 0.137 e. The van der Waals surface area contributed by atoms with E-state index in [1.807, 2.05) is 12.1 Å².